The summed E-state index contributed by atoms with van der Waals surface area (Å²) in [5.74, 6) is -0.558. The summed E-state index contributed by atoms with van der Waals surface area (Å²) in [6.45, 7) is 0.101. The molecule has 10 heteroatoms. The van der Waals surface area contributed by atoms with E-state index in [4.69, 9.17) is 18.9 Å². The van der Waals surface area contributed by atoms with E-state index in [1.54, 1.807) is 48.5 Å². The van der Waals surface area contributed by atoms with E-state index in [9.17, 15) is 29.2 Å². The predicted molar refractivity (Wildman–Crippen MR) is 157 cm³/mol. The summed E-state index contributed by atoms with van der Waals surface area (Å²) in [4.78, 5) is 0. The van der Waals surface area contributed by atoms with Crippen LogP contribution in [0.15, 0.2) is 97.1 Å². The van der Waals surface area contributed by atoms with Crippen LogP contribution in [0, 0.1) is 11.6 Å². The van der Waals surface area contributed by atoms with Crippen molar-refractivity contribution in [1.29, 1.82) is 0 Å². The molecule has 4 atom stereocenters. The van der Waals surface area contributed by atoms with Crippen molar-refractivity contribution in [3.63, 3.8) is 0 Å². The molecule has 0 unspecified atom stereocenters. The molecule has 8 nitrogen and oxygen atoms in total. The van der Waals surface area contributed by atoms with E-state index < -0.39 is 36.1 Å². The zero-order chi connectivity index (χ0) is 31.3. The van der Waals surface area contributed by atoms with Gasteiger partial charge in [-0.1, -0.05) is 48.5 Å². The van der Waals surface area contributed by atoms with Crippen LogP contribution in [0.1, 0.15) is 22.3 Å². The van der Waals surface area contributed by atoms with Crippen LogP contribution >= 0.6 is 0 Å². The maximum absolute atomic E-state index is 13.4. The van der Waals surface area contributed by atoms with Crippen LogP contribution in [0.4, 0.5) is 8.78 Å². The van der Waals surface area contributed by atoms with Crippen molar-refractivity contribution in [1.82, 2.24) is 0 Å². The molecule has 4 aromatic carbocycles. The molecule has 0 spiro atoms. The van der Waals surface area contributed by atoms with Gasteiger partial charge in [0.05, 0.1) is 39.6 Å². The summed E-state index contributed by atoms with van der Waals surface area (Å²) in [6, 6.07) is 24.3. The third kappa shape index (κ3) is 10.7. The summed E-state index contributed by atoms with van der Waals surface area (Å²) in [6.07, 6.45) is -5.04. The number of hydrogen-bond donors (Lipinski definition) is 4. The van der Waals surface area contributed by atoms with Crippen molar-refractivity contribution in [3.05, 3.63) is 131 Å². The zero-order valence-corrected chi connectivity index (χ0v) is 24.0. The van der Waals surface area contributed by atoms with Crippen molar-refractivity contribution < 1.29 is 48.2 Å². The third-order valence-electron chi connectivity index (χ3n) is 6.84. The maximum atomic E-state index is 13.4. The molecule has 4 aromatic rings. The topological polar surface area (TPSA) is 118 Å². The predicted octanol–water partition coefficient (Wildman–Crippen LogP) is 5.00. The number of ether oxygens (including phenoxy) is 4. The second kappa shape index (κ2) is 16.8. The van der Waals surface area contributed by atoms with E-state index in [0.29, 0.717) is 11.1 Å². The van der Waals surface area contributed by atoms with Gasteiger partial charge in [-0.15, -0.1) is 0 Å². The lowest BCUT2D eigenvalue weighted by atomic mass is 10.0. The van der Waals surface area contributed by atoms with Crippen LogP contribution in [0.5, 0.6) is 11.5 Å². The number of phenolic OH excluding ortho intramolecular Hbond substituents is 2. The van der Waals surface area contributed by atoms with Crippen LogP contribution in [0.2, 0.25) is 0 Å². The van der Waals surface area contributed by atoms with Gasteiger partial charge in [-0.2, -0.15) is 0 Å². The fourth-order valence-electron chi connectivity index (χ4n) is 4.27. The fraction of sp³-hybridized carbons (Fsp3) is 0.294. The zero-order valence-electron chi connectivity index (χ0n) is 24.0. The number of halogens is 2. The molecule has 0 bridgehead atoms. The highest BCUT2D eigenvalue weighted by atomic mass is 19.1. The van der Waals surface area contributed by atoms with Crippen LogP contribution < -0.4 is 0 Å². The minimum Gasteiger partial charge on any atom is -0.508 e. The summed E-state index contributed by atoms with van der Waals surface area (Å²) in [5.41, 5.74) is 2.85. The Labute approximate surface area is 254 Å². The standard InChI is InChI=1S/C34H36F2O8/c35-27-9-1-25(2-10-27)19-43-31(21-41-17-23-5-13-29(37)14-6-23)33(39)34(40)32(44-20-26-3-11-28(36)12-4-26)22-42-18-24-7-15-30(38)16-8-24/h1-16,31-34,37-40H,17-22H2/t31-,32-,33-,34-/m1/s1. The molecule has 234 valence electrons. The van der Waals surface area contributed by atoms with Gasteiger partial charge in [-0.25, -0.2) is 8.78 Å². The maximum Gasteiger partial charge on any atom is 0.123 e. The minimum atomic E-state index is -1.49. The molecule has 0 aliphatic carbocycles. The number of benzene rings is 4. The lowest BCUT2D eigenvalue weighted by Crippen LogP contribution is -2.49. The molecule has 0 fully saturated rings. The average Bonchev–Trinajstić information content (AvgIpc) is 3.03. The van der Waals surface area contributed by atoms with Gasteiger partial charge in [0.1, 0.15) is 47.5 Å². The van der Waals surface area contributed by atoms with E-state index >= 15 is 0 Å². The van der Waals surface area contributed by atoms with E-state index in [2.05, 4.69) is 0 Å². The summed E-state index contributed by atoms with van der Waals surface area (Å²) in [5, 5.41) is 41.7. The number of hydrogen-bond acceptors (Lipinski definition) is 8. The summed E-state index contributed by atoms with van der Waals surface area (Å²) >= 11 is 0. The Kier molecular flexibility index (Phi) is 12.6. The minimum absolute atomic E-state index is 0.00967. The van der Waals surface area contributed by atoms with Gasteiger partial charge in [0, 0.05) is 0 Å². The van der Waals surface area contributed by atoms with Gasteiger partial charge in [0.15, 0.2) is 0 Å². The van der Waals surface area contributed by atoms with Gasteiger partial charge in [-0.3, -0.25) is 0 Å². The monoisotopic (exact) mass is 610 g/mol. The molecule has 0 aliphatic heterocycles. The number of aliphatic hydroxyl groups excluding tert-OH is 2. The second-order valence-corrected chi connectivity index (χ2v) is 10.3. The molecule has 0 aliphatic rings. The first-order valence-electron chi connectivity index (χ1n) is 14.1. The molecule has 0 heterocycles. The van der Waals surface area contributed by atoms with Crippen LogP contribution in [-0.2, 0) is 45.4 Å². The Morgan fingerprint density at radius 1 is 0.455 bits per heavy atom. The Hall–Kier alpha value is -3.90. The molecule has 0 saturated heterocycles. The first-order valence-corrected chi connectivity index (χ1v) is 14.1. The highest BCUT2D eigenvalue weighted by Crippen LogP contribution is 2.19. The Morgan fingerprint density at radius 2 is 0.750 bits per heavy atom. The van der Waals surface area contributed by atoms with Gasteiger partial charge in [0.25, 0.3) is 0 Å². The van der Waals surface area contributed by atoms with Gasteiger partial charge < -0.3 is 39.4 Å². The van der Waals surface area contributed by atoms with Gasteiger partial charge in [0.2, 0.25) is 0 Å². The smallest absolute Gasteiger partial charge is 0.123 e. The Morgan fingerprint density at radius 3 is 1.09 bits per heavy atom. The van der Waals surface area contributed by atoms with Crippen molar-refractivity contribution in [3.8, 4) is 11.5 Å². The number of aromatic hydroxyl groups is 2. The molecule has 0 radical (unpaired) electrons. The second-order valence-electron chi connectivity index (χ2n) is 10.3. The van der Waals surface area contributed by atoms with Crippen molar-refractivity contribution >= 4 is 0 Å². The van der Waals surface area contributed by atoms with Gasteiger partial charge >= 0.3 is 0 Å². The highest BCUT2D eigenvalue weighted by molar-refractivity contribution is 5.26. The van der Waals surface area contributed by atoms with Crippen molar-refractivity contribution in [2.24, 2.45) is 0 Å². The lowest BCUT2D eigenvalue weighted by molar-refractivity contribution is -0.170. The molecule has 44 heavy (non-hydrogen) atoms. The molecular formula is C34H36F2O8. The molecule has 0 aromatic heterocycles. The lowest BCUT2D eigenvalue weighted by Gasteiger charge is -2.32. The van der Waals surface area contributed by atoms with E-state index in [1.807, 2.05) is 0 Å². The fourth-order valence-corrected chi connectivity index (χ4v) is 4.27. The largest absolute Gasteiger partial charge is 0.508 e. The van der Waals surface area contributed by atoms with Crippen LogP contribution in [0.25, 0.3) is 0 Å². The Bertz CT molecular complexity index is 1270. The normalized spacial score (nSPS) is 14.2. The van der Waals surface area contributed by atoms with Crippen LogP contribution in [0.3, 0.4) is 0 Å². The van der Waals surface area contributed by atoms with E-state index in [1.165, 1.54) is 48.5 Å². The average molecular weight is 611 g/mol. The van der Waals surface area contributed by atoms with Crippen molar-refractivity contribution in [2.45, 2.75) is 50.8 Å². The first-order chi connectivity index (χ1) is 21.3. The SMILES string of the molecule is Oc1ccc(COC[C@@H](OCc2ccc(F)cc2)[C@@H](O)[C@H](O)[C@@H](COCc2ccc(O)cc2)OCc2ccc(F)cc2)cc1. The Balaban J connectivity index is 1.44. The van der Waals surface area contributed by atoms with E-state index in [0.717, 1.165) is 11.1 Å². The van der Waals surface area contributed by atoms with E-state index in [-0.39, 0.29) is 51.1 Å². The van der Waals surface area contributed by atoms with Gasteiger partial charge in [-0.05, 0) is 70.8 Å². The number of rotatable bonds is 17. The third-order valence-corrected chi connectivity index (χ3v) is 6.84. The molecule has 4 rings (SSSR count). The highest BCUT2D eigenvalue weighted by Gasteiger charge is 2.34. The molecule has 0 amide bonds. The molecule has 0 saturated carbocycles. The van der Waals surface area contributed by atoms with Crippen LogP contribution in [-0.4, -0.2) is 58.1 Å². The molecule has 4 N–H and O–H groups in total. The quantitative estimate of drug-likeness (QED) is 0.132. The summed E-state index contributed by atoms with van der Waals surface area (Å²) < 4.78 is 50.3. The van der Waals surface area contributed by atoms with Crippen molar-refractivity contribution in [2.75, 3.05) is 13.2 Å². The first kappa shape index (κ1) is 33.0. The number of phenols is 2. The number of aliphatic hydroxyl groups is 2. The summed E-state index contributed by atoms with van der Waals surface area (Å²) in [7, 11) is 0. The molecular weight excluding hydrogens is 574 g/mol.